The number of aliphatic hydroxyl groups excluding tert-OH is 1. The molecule has 9 heteroatoms. The van der Waals surface area contributed by atoms with E-state index in [0.29, 0.717) is 13.0 Å². The van der Waals surface area contributed by atoms with E-state index in [4.69, 9.17) is 9.47 Å². The summed E-state index contributed by atoms with van der Waals surface area (Å²) in [6.07, 6.45) is -1.85. The molecule has 2 unspecified atom stereocenters. The summed E-state index contributed by atoms with van der Waals surface area (Å²) in [5.41, 5.74) is 0.855. The average molecular weight is 452 g/mol. The van der Waals surface area contributed by atoms with Gasteiger partial charge in [0.2, 0.25) is 5.91 Å². The van der Waals surface area contributed by atoms with Crippen LogP contribution < -0.4 is 16.0 Å². The number of ether oxygens (including phenoxy) is 2. The van der Waals surface area contributed by atoms with E-state index in [-0.39, 0.29) is 25.0 Å². The third kappa shape index (κ3) is 9.23. The van der Waals surface area contributed by atoms with Crippen molar-refractivity contribution in [2.24, 2.45) is 5.92 Å². The van der Waals surface area contributed by atoms with Crippen LogP contribution in [0.4, 0.5) is 4.79 Å². The van der Waals surface area contributed by atoms with Gasteiger partial charge >= 0.3 is 6.09 Å². The van der Waals surface area contributed by atoms with Crippen LogP contribution in [0.1, 0.15) is 45.6 Å². The first-order valence-corrected chi connectivity index (χ1v) is 10.9. The number of methoxy groups -OCH3 is 1. The largest absolute Gasteiger partial charge is 0.447 e. The van der Waals surface area contributed by atoms with Crippen molar-refractivity contribution in [1.29, 1.82) is 0 Å². The molecule has 9 nitrogen and oxygen atoms in total. The summed E-state index contributed by atoms with van der Waals surface area (Å²) in [4.78, 5) is 37.6. The lowest BCUT2D eigenvalue weighted by Gasteiger charge is -2.31. The molecule has 0 saturated carbocycles. The molecule has 4 N–H and O–H groups in total. The van der Waals surface area contributed by atoms with Crippen LogP contribution in [-0.2, 0) is 19.1 Å². The molecule has 0 heterocycles. The van der Waals surface area contributed by atoms with Gasteiger partial charge in [-0.25, -0.2) is 4.79 Å². The number of nitrogens with one attached hydrogen (secondary N) is 3. The van der Waals surface area contributed by atoms with Crippen LogP contribution in [-0.4, -0.2) is 68.1 Å². The van der Waals surface area contributed by atoms with Crippen LogP contribution in [0.2, 0.25) is 0 Å². The highest BCUT2D eigenvalue weighted by atomic mass is 16.6. The van der Waals surface area contributed by atoms with Gasteiger partial charge in [-0.3, -0.25) is 9.59 Å². The van der Waals surface area contributed by atoms with Crippen molar-refractivity contribution in [2.75, 3.05) is 26.9 Å². The average Bonchev–Trinajstić information content (AvgIpc) is 2.76. The summed E-state index contributed by atoms with van der Waals surface area (Å²) in [5, 5.41) is 18.7. The number of amides is 3. The van der Waals surface area contributed by atoms with Gasteiger partial charge in [-0.2, -0.15) is 0 Å². The van der Waals surface area contributed by atoms with Gasteiger partial charge in [0.15, 0.2) is 6.10 Å². The van der Waals surface area contributed by atoms with Crippen molar-refractivity contribution in [3.8, 4) is 0 Å². The third-order valence-electron chi connectivity index (χ3n) is 4.97. The second-order valence-electron chi connectivity index (χ2n) is 8.03. The quantitative estimate of drug-likeness (QED) is 0.337. The molecule has 0 aromatic heterocycles. The number of benzene rings is 1. The first kappa shape index (κ1) is 27.4. The van der Waals surface area contributed by atoms with Gasteiger partial charge < -0.3 is 30.5 Å². The molecule has 0 fully saturated rings. The van der Waals surface area contributed by atoms with Crippen LogP contribution in [0.25, 0.3) is 0 Å². The van der Waals surface area contributed by atoms with Crippen molar-refractivity contribution < 1.29 is 29.0 Å². The SMILES string of the molecule is CCNC(=O)C(O)[C@@H](NC(=O)[C@H](CC(C)C)NC(=O)OCCOC)C(C)c1ccccc1. The molecule has 1 aromatic rings. The number of aliphatic hydroxyl groups is 1. The minimum Gasteiger partial charge on any atom is -0.447 e. The summed E-state index contributed by atoms with van der Waals surface area (Å²) in [6, 6.07) is 7.50. The second kappa shape index (κ2) is 14.4. The van der Waals surface area contributed by atoms with Crippen LogP contribution in [0.5, 0.6) is 0 Å². The van der Waals surface area contributed by atoms with Gasteiger partial charge in [0.05, 0.1) is 12.6 Å². The van der Waals surface area contributed by atoms with Crippen LogP contribution in [0.15, 0.2) is 30.3 Å². The number of alkyl carbamates (subject to hydrolysis) is 1. The molecule has 0 saturated heterocycles. The predicted molar refractivity (Wildman–Crippen MR) is 121 cm³/mol. The maximum absolute atomic E-state index is 13.1. The molecule has 1 aromatic carbocycles. The van der Waals surface area contributed by atoms with Crippen molar-refractivity contribution in [1.82, 2.24) is 16.0 Å². The van der Waals surface area contributed by atoms with Gasteiger partial charge in [0, 0.05) is 19.6 Å². The summed E-state index contributed by atoms with van der Waals surface area (Å²) >= 11 is 0. The second-order valence-corrected chi connectivity index (χ2v) is 8.03. The number of carbonyl (C=O) groups is 3. The van der Waals surface area contributed by atoms with Crippen molar-refractivity contribution in [2.45, 2.75) is 58.2 Å². The summed E-state index contributed by atoms with van der Waals surface area (Å²) in [7, 11) is 1.49. The standard InChI is InChI=1S/C23H37N3O6/c1-6-24-22(29)20(27)19(16(4)17-10-8-7-9-11-17)26-21(28)18(14-15(2)3)25-23(30)32-13-12-31-5/h7-11,15-16,18-20,27H,6,12-14H2,1-5H3,(H,24,29)(H,25,30)(H,26,28)/t16?,18-,19-,20?/m0/s1. The fourth-order valence-corrected chi connectivity index (χ4v) is 3.25. The van der Waals surface area contributed by atoms with E-state index in [9.17, 15) is 19.5 Å². The Morgan fingerprint density at radius 1 is 1.00 bits per heavy atom. The fourth-order valence-electron chi connectivity index (χ4n) is 3.25. The summed E-state index contributed by atoms with van der Waals surface area (Å²) in [5.74, 6) is -1.35. The molecular formula is C23H37N3O6. The highest BCUT2D eigenvalue weighted by Crippen LogP contribution is 2.22. The molecule has 0 spiro atoms. The highest BCUT2D eigenvalue weighted by molar-refractivity contribution is 5.87. The Labute approximate surface area is 190 Å². The maximum atomic E-state index is 13.1. The van der Waals surface area contributed by atoms with Crippen LogP contribution in [0, 0.1) is 5.92 Å². The van der Waals surface area contributed by atoms with Crippen LogP contribution in [0.3, 0.4) is 0 Å². The number of rotatable bonds is 13. The molecule has 180 valence electrons. The van der Waals surface area contributed by atoms with E-state index in [0.717, 1.165) is 5.56 Å². The number of likely N-dealkylation sites (N-methyl/N-ethyl adjacent to an activating group) is 1. The number of hydrogen-bond acceptors (Lipinski definition) is 6. The molecule has 4 atom stereocenters. The van der Waals surface area contributed by atoms with E-state index in [2.05, 4.69) is 16.0 Å². The van der Waals surface area contributed by atoms with Gasteiger partial charge in [0.1, 0.15) is 12.6 Å². The fraction of sp³-hybridized carbons (Fsp3) is 0.609. The molecule has 0 aliphatic heterocycles. The zero-order chi connectivity index (χ0) is 24.1. The van der Waals surface area contributed by atoms with Gasteiger partial charge in [-0.15, -0.1) is 0 Å². The molecule has 0 aliphatic rings. The van der Waals surface area contributed by atoms with Crippen molar-refractivity contribution in [3.05, 3.63) is 35.9 Å². The van der Waals surface area contributed by atoms with E-state index in [1.165, 1.54) is 7.11 Å². The van der Waals surface area contributed by atoms with E-state index >= 15 is 0 Å². The smallest absolute Gasteiger partial charge is 0.407 e. The summed E-state index contributed by atoms with van der Waals surface area (Å²) in [6.45, 7) is 8.06. The number of hydrogen-bond donors (Lipinski definition) is 4. The Morgan fingerprint density at radius 3 is 2.22 bits per heavy atom. The maximum Gasteiger partial charge on any atom is 0.407 e. The Balaban J connectivity index is 3.04. The zero-order valence-electron chi connectivity index (χ0n) is 19.6. The first-order valence-electron chi connectivity index (χ1n) is 10.9. The normalized spacial score (nSPS) is 14.7. The Kier molecular flexibility index (Phi) is 12.3. The highest BCUT2D eigenvalue weighted by Gasteiger charge is 2.35. The monoisotopic (exact) mass is 451 g/mol. The van der Waals surface area contributed by atoms with E-state index in [1.54, 1.807) is 6.92 Å². The van der Waals surface area contributed by atoms with Gasteiger partial charge in [-0.05, 0) is 24.8 Å². The van der Waals surface area contributed by atoms with Gasteiger partial charge in [-0.1, -0.05) is 51.1 Å². The summed E-state index contributed by atoms with van der Waals surface area (Å²) < 4.78 is 9.86. The molecule has 0 bridgehead atoms. The number of carbonyl (C=O) groups excluding carboxylic acids is 3. The molecule has 0 radical (unpaired) electrons. The Morgan fingerprint density at radius 2 is 1.66 bits per heavy atom. The van der Waals surface area contributed by atoms with Gasteiger partial charge in [0.25, 0.3) is 5.91 Å². The minimum atomic E-state index is -1.47. The molecule has 32 heavy (non-hydrogen) atoms. The minimum absolute atomic E-state index is 0.0575. The van der Waals surface area contributed by atoms with Crippen LogP contribution >= 0.6 is 0 Å². The van der Waals surface area contributed by atoms with E-state index in [1.807, 2.05) is 51.1 Å². The predicted octanol–water partition coefficient (Wildman–Crippen LogP) is 1.56. The van der Waals surface area contributed by atoms with Crippen molar-refractivity contribution in [3.63, 3.8) is 0 Å². The van der Waals surface area contributed by atoms with Crippen molar-refractivity contribution >= 4 is 17.9 Å². The third-order valence-corrected chi connectivity index (χ3v) is 4.97. The molecule has 3 amide bonds. The van der Waals surface area contributed by atoms with E-state index < -0.39 is 36.1 Å². The lowest BCUT2D eigenvalue weighted by Crippen LogP contribution is -2.57. The lowest BCUT2D eigenvalue weighted by molar-refractivity contribution is -0.133. The topological polar surface area (TPSA) is 126 Å². The molecule has 1 rings (SSSR count). The molecule has 0 aliphatic carbocycles. The Bertz CT molecular complexity index is 713. The first-order chi connectivity index (χ1) is 15.2. The lowest BCUT2D eigenvalue weighted by atomic mass is 9.88. The molecular weight excluding hydrogens is 414 g/mol. The zero-order valence-corrected chi connectivity index (χ0v) is 19.6. The Hall–Kier alpha value is -2.65.